The minimum absolute atomic E-state index is 0.138. The van der Waals surface area contributed by atoms with E-state index in [2.05, 4.69) is 44.8 Å². The highest BCUT2D eigenvalue weighted by Gasteiger charge is 2.53. The summed E-state index contributed by atoms with van der Waals surface area (Å²) in [6.07, 6.45) is 2.56. The van der Waals surface area contributed by atoms with E-state index in [-0.39, 0.29) is 5.54 Å². The monoisotopic (exact) mass is 277 g/mol. The van der Waals surface area contributed by atoms with Crippen molar-refractivity contribution in [3.8, 4) is 0 Å². The van der Waals surface area contributed by atoms with Crippen LogP contribution in [0.4, 0.5) is 0 Å². The number of rotatable bonds is 4. The number of hydrogen-bond donors (Lipinski definition) is 1. The van der Waals surface area contributed by atoms with Crippen molar-refractivity contribution in [3.05, 3.63) is 24.2 Å². The quantitative estimate of drug-likeness (QED) is 0.679. The number of nitrogens with zero attached hydrogens (tertiary/aromatic N) is 2. The largest absolute Gasteiger partial charge is 0.469 e. The molecular formula is C16H27N3O. The normalized spacial score (nSPS) is 20.6. The molecule has 0 aliphatic carbocycles. The Labute approximate surface area is 122 Å². The predicted molar refractivity (Wildman–Crippen MR) is 83.0 cm³/mol. The minimum atomic E-state index is 0.138. The Morgan fingerprint density at radius 1 is 1.40 bits per heavy atom. The number of guanidine groups is 1. The van der Waals surface area contributed by atoms with Crippen molar-refractivity contribution in [3.63, 3.8) is 0 Å². The van der Waals surface area contributed by atoms with E-state index in [4.69, 9.17) is 9.41 Å². The molecule has 1 aliphatic rings. The molecule has 0 radical (unpaired) electrons. The molecule has 20 heavy (non-hydrogen) atoms. The Bertz CT molecular complexity index is 460. The molecule has 2 rings (SSSR count). The van der Waals surface area contributed by atoms with Crippen molar-refractivity contribution in [2.24, 2.45) is 10.4 Å². The second-order valence-electron chi connectivity index (χ2n) is 6.59. The third-order valence-electron chi connectivity index (χ3n) is 4.67. The summed E-state index contributed by atoms with van der Waals surface area (Å²) in [5.74, 6) is 2.01. The van der Waals surface area contributed by atoms with Gasteiger partial charge < -0.3 is 14.6 Å². The van der Waals surface area contributed by atoms with Crippen LogP contribution in [0.2, 0.25) is 0 Å². The fourth-order valence-corrected chi connectivity index (χ4v) is 2.52. The molecule has 2 heterocycles. The SMILES string of the molecule is CCNC(=NCCc1ccco1)N1CC(C)(C)C1(C)C. The zero-order chi connectivity index (χ0) is 14.8. The minimum Gasteiger partial charge on any atom is -0.469 e. The Balaban J connectivity index is 2.00. The molecule has 1 N–H and O–H groups in total. The zero-order valence-electron chi connectivity index (χ0n) is 13.4. The van der Waals surface area contributed by atoms with Gasteiger partial charge >= 0.3 is 0 Å². The molecule has 0 atom stereocenters. The topological polar surface area (TPSA) is 40.8 Å². The van der Waals surface area contributed by atoms with Gasteiger partial charge in [0.25, 0.3) is 0 Å². The first kappa shape index (κ1) is 14.9. The van der Waals surface area contributed by atoms with Gasteiger partial charge in [-0.2, -0.15) is 0 Å². The molecule has 0 aromatic carbocycles. The van der Waals surface area contributed by atoms with Crippen molar-refractivity contribution < 1.29 is 4.42 Å². The van der Waals surface area contributed by atoms with Gasteiger partial charge in [-0.25, -0.2) is 0 Å². The van der Waals surface area contributed by atoms with Crippen LogP contribution in [0.3, 0.4) is 0 Å². The second-order valence-corrected chi connectivity index (χ2v) is 6.59. The van der Waals surface area contributed by atoms with Crippen LogP contribution in [-0.2, 0) is 6.42 Å². The van der Waals surface area contributed by atoms with Crippen LogP contribution in [0.25, 0.3) is 0 Å². The molecule has 1 aliphatic heterocycles. The van der Waals surface area contributed by atoms with Gasteiger partial charge in [-0.1, -0.05) is 13.8 Å². The third-order valence-corrected chi connectivity index (χ3v) is 4.67. The maximum absolute atomic E-state index is 5.35. The van der Waals surface area contributed by atoms with Crippen LogP contribution in [0.1, 0.15) is 40.4 Å². The molecule has 1 aromatic heterocycles. The summed E-state index contributed by atoms with van der Waals surface area (Å²) in [6.45, 7) is 14.0. The maximum atomic E-state index is 5.35. The Morgan fingerprint density at radius 3 is 2.65 bits per heavy atom. The molecule has 0 spiro atoms. The molecule has 1 fully saturated rings. The first-order chi connectivity index (χ1) is 9.38. The van der Waals surface area contributed by atoms with Crippen LogP contribution in [0.15, 0.2) is 27.8 Å². The molecule has 0 unspecified atom stereocenters. The molecule has 0 amide bonds. The Hall–Kier alpha value is -1.45. The van der Waals surface area contributed by atoms with Crippen LogP contribution in [0, 0.1) is 5.41 Å². The van der Waals surface area contributed by atoms with Crippen LogP contribution < -0.4 is 5.32 Å². The average Bonchev–Trinajstić information content (AvgIpc) is 2.88. The first-order valence-corrected chi connectivity index (χ1v) is 7.47. The number of furan rings is 1. The summed E-state index contributed by atoms with van der Waals surface area (Å²) in [5.41, 5.74) is 0.461. The Kier molecular flexibility index (Phi) is 4.11. The summed E-state index contributed by atoms with van der Waals surface area (Å²) in [7, 11) is 0. The highest BCUT2D eigenvalue weighted by molar-refractivity contribution is 5.82. The van der Waals surface area contributed by atoms with Gasteiger partial charge in [0.15, 0.2) is 5.96 Å². The average molecular weight is 277 g/mol. The predicted octanol–water partition coefficient (Wildman–Crippen LogP) is 2.91. The van der Waals surface area contributed by atoms with E-state index in [1.54, 1.807) is 6.26 Å². The van der Waals surface area contributed by atoms with E-state index < -0.39 is 0 Å². The number of aliphatic imine (C=N–C) groups is 1. The van der Waals surface area contributed by atoms with Gasteiger partial charge in [0.2, 0.25) is 0 Å². The van der Waals surface area contributed by atoms with E-state index in [0.29, 0.717) is 5.41 Å². The van der Waals surface area contributed by atoms with E-state index >= 15 is 0 Å². The van der Waals surface area contributed by atoms with E-state index in [0.717, 1.165) is 37.8 Å². The van der Waals surface area contributed by atoms with Gasteiger partial charge in [0.1, 0.15) is 5.76 Å². The molecule has 0 saturated carbocycles. The van der Waals surface area contributed by atoms with Crippen LogP contribution in [-0.4, -0.2) is 36.0 Å². The van der Waals surface area contributed by atoms with E-state index in [9.17, 15) is 0 Å². The fourth-order valence-electron chi connectivity index (χ4n) is 2.52. The van der Waals surface area contributed by atoms with Gasteiger partial charge in [-0.05, 0) is 32.9 Å². The van der Waals surface area contributed by atoms with Gasteiger partial charge in [-0.3, -0.25) is 4.99 Å². The molecule has 4 nitrogen and oxygen atoms in total. The number of nitrogens with one attached hydrogen (secondary N) is 1. The molecule has 0 bridgehead atoms. The zero-order valence-corrected chi connectivity index (χ0v) is 13.4. The van der Waals surface area contributed by atoms with Crippen molar-refractivity contribution in [1.82, 2.24) is 10.2 Å². The van der Waals surface area contributed by atoms with Crippen molar-refractivity contribution >= 4 is 5.96 Å². The number of hydrogen-bond acceptors (Lipinski definition) is 2. The molecule has 1 saturated heterocycles. The van der Waals surface area contributed by atoms with Gasteiger partial charge in [0, 0.05) is 37.0 Å². The van der Waals surface area contributed by atoms with Crippen molar-refractivity contribution in [2.45, 2.75) is 46.6 Å². The molecule has 4 heteroatoms. The van der Waals surface area contributed by atoms with E-state index in [1.165, 1.54) is 0 Å². The maximum Gasteiger partial charge on any atom is 0.194 e. The van der Waals surface area contributed by atoms with Gasteiger partial charge in [0.05, 0.1) is 6.26 Å². The first-order valence-electron chi connectivity index (χ1n) is 7.47. The fraction of sp³-hybridized carbons (Fsp3) is 0.688. The summed E-state index contributed by atoms with van der Waals surface area (Å²) in [4.78, 5) is 7.12. The standard InChI is InChI=1S/C16H27N3O/c1-6-17-14(18-10-9-13-8-7-11-20-13)19-12-15(2,3)16(19,4)5/h7-8,11H,6,9-10,12H2,1-5H3,(H,17,18). The number of likely N-dealkylation sites (tertiary alicyclic amines) is 1. The summed E-state index contributed by atoms with van der Waals surface area (Å²) in [6, 6.07) is 3.92. The Morgan fingerprint density at radius 2 is 2.15 bits per heavy atom. The van der Waals surface area contributed by atoms with Crippen LogP contribution >= 0.6 is 0 Å². The lowest BCUT2D eigenvalue weighted by atomic mass is 9.65. The van der Waals surface area contributed by atoms with E-state index in [1.807, 2.05) is 12.1 Å². The smallest absolute Gasteiger partial charge is 0.194 e. The lowest BCUT2D eigenvalue weighted by Crippen LogP contribution is -2.72. The lowest BCUT2D eigenvalue weighted by molar-refractivity contribution is -0.0667. The van der Waals surface area contributed by atoms with Crippen LogP contribution in [0.5, 0.6) is 0 Å². The van der Waals surface area contributed by atoms with Crippen molar-refractivity contribution in [2.75, 3.05) is 19.6 Å². The molecule has 112 valence electrons. The molecular weight excluding hydrogens is 250 g/mol. The summed E-state index contributed by atoms with van der Waals surface area (Å²) in [5, 5.41) is 3.40. The van der Waals surface area contributed by atoms with Gasteiger partial charge in [-0.15, -0.1) is 0 Å². The van der Waals surface area contributed by atoms with Crippen molar-refractivity contribution in [1.29, 1.82) is 0 Å². The second kappa shape index (κ2) is 5.51. The lowest BCUT2D eigenvalue weighted by Gasteiger charge is -2.62. The summed E-state index contributed by atoms with van der Waals surface area (Å²) < 4.78 is 5.35. The molecule has 1 aromatic rings. The highest BCUT2D eigenvalue weighted by Crippen LogP contribution is 2.46. The summed E-state index contributed by atoms with van der Waals surface area (Å²) >= 11 is 0. The highest BCUT2D eigenvalue weighted by atomic mass is 16.3. The third kappa shape index (κ3) is 2.69.